The molecular weight excluding hydrogens is 835 g/mol. The molecule has 0 bridgehead atoms. The molecule has 0 saturated carbocycles. The van der Waals surface area contributed by atoms with Gasteiger partial charge in [0.05, 0.1) is 38.6 Å². The van der Waals surface area contributed by atoms with Gasteiger partial charge in [0.2, 0.25) is 0 Å². The van der Waals surface area contributed by atoms with Crippen LogP contribution in [0.2, 0.25) is 0 Å². The van der Waals surface area contributed by atoms with Crippen LogP contribution in [0.5, 0.6) is 0 Å². The van der Waals surface area contributed by atoms with E-state index in [2.05, 4.69) is 250 Å². The third kappa shape index (κ3) is 5.06. The van der Waals surface area contributed by atoms with E-state index < -0.39 is 0 Å². The van der Waals surface area contributed by atoms with Crippen molar-refractivity contribution in [3.8, 4) is 33.6 Å². The third-order valence-corrected chi connectivity index (χ3v) is 15.3. The highest BCUT2D eigenvalue weighted by molar-refractivity contribution is 6.26. The Morgan fingerprint density at radius 1 is 0.188 bits per heavy atom. The van der Waals surface area contributed by atoms with Crippen LogP contribution in [0.25, 0.3) is 148 Å². The third-order valence-electron chi connectivity index (χ3n) is 15.3. The largest absolute Gasteiger partial charge is 0.309 e. The molecule has 0 N–H and O–H groups in total. The van der Waals surface area contributed by atoms with E-state index in [1.165, 1.54) is 136 Å². The molecule has 4 aromatic heterocycles. The van der Waals surface area contributed by atoms with Gasteiger partial charge in [0, 0.05) is 54.5 Å². The molecule has 0 aliphatic rings. The summed E-state index contributed by atoms with van der Waals surface area (Å²) in [6.07, 6.45) is 0. The van der Waals surface area contributed by atoms with Crippen molar-refractivity contribution in [1.82, 2.24) is 13.5 Å². The predicted molar refractivity (Wildman–Crippen MR) is 293 cm³/mol. The Balaban J connectivity index is 0.876. The summed E-state index contributed by atoms with van der Waals surface area (Å²) < 4.78 is 7.35. The molecule has 0 amide bonds. The minimum absolute atomic E-state index is 1.15. The maximum atomic E-state index is 2.48. The first-order valence-corrected chi connectivity index (χ1v) is 23.9. The van der Waals surface area contributed by atoms with Gasteiger partial charge in [0.1, 0.15) is 0 Å². The zero-order valence-corrected chi connectivity index (χ0v) is 37.4. The standard InChI is InChI=1S/C66H39N3/c1-2-13-44(14-3-1)67-63-33-27-42(40-25-30-50-48-17-5-4-15-46(48)47-16-6-7-18-49(47)56(50)35-40)37-58(63)59-38-43(28-34-64(59)67)41-26-32-62-57(36-41)52-20-9-10-23-60(52)68(62)45-29-31-53-55-22-12-21-54-51-19-8-11-24-61(51)69(66(54)55)65(53)39-45/h1-39H. The van der Waals surface area contributed by atoms with Gasteiger partial charge < -0.3 is 13.5 Å². The van der Waals surface area contributed by atoms with E-state index in [1.54, 1.807) is 0 Å². The van der Waals surface area contributed by atoms with Crippen LogP contribution in [0.15, 0.2) is 237 Å². The summed E-state index contributed by atoms with van der Waals surface area (Å²) in [5.74, 6) is 0. The van der Waals surface area contributed by atoms with E-state index in [4.69, 9.17) is 0 Å². The van der Waals surface area contributed by atoms with Crippen LogP contribution in [0.3, 0.4) is 0 Å². The molecule has 0 spiro atoms. The van der Waals surface area contributed by atoms with Gasteiger partial charge in [-0.1, -0.05) is 158 Å². The topological polar surface area (TPSA) is 14.3 Å². The van der Waals surface area contributed by atoms with Crippen molar-refractivity contribution >= 4 is 114 Å². The molecule has 0 aliphatic carbocycles. The van der Waals surface area contributed by atoms with Crippen molar-refractivity contribution in [2.45, 2.75) is 0 Å². The number of nitrogens with zero attached hydrogens (tertiary/aromatic N) is 3. The van der Waals surface area contributed by atoms with Crippen molar-refractivity contribution in [3.63, 3.8) is 0 Å². The van der Waals surface area contributed by atoms with E-state index in [9.17, 15) is 0 Å². The summed E-state index contributed by atoms with van der Waals surface area (Å²) in [5, 5.41) is 17.9. The van der Waals surface area contributed by atoms with Crippen LogP contribution in [-0.2, 0) is 0 Å². The molecule has 0 saturated heterocycles. The fraction of sp³-hybridized carbons (Fsp3) is 0. The molecule has 0 atom stereocenters. The van der Waals surface area contributed by atoms with Gasteiger partial charge in [-0.05, 0) is 133 Å². The summed E-state index contributed by atoms with van der Waals surface area (Å²) >= 11 is 0. The lowest BCUT2D eigenvalue weighted by Crippen LogP contribution is -1.94. The SMILES string of the molecule is c1ccc(-n2c3ccc(-c4ccc5c6ccccc6c6ccccc6c5c4)cc3c3cc(-c4ccc5c(c4)c4ccccc4n5-c4ccc5c6cccc7c8ccccc8n(c5c4)c76)ccc32)cc1. The van der Waals surface area contributed by atoms with E-state index >= 15 is 0 Å². The zero-order valence-electron chi connectivity index (χ0n) is 37.4. The number of benzene rings is 12. The van der Waals surface area contributed by atoms with Gasteiger partial charge in [0.25, 0.3) is 0 Å². The fourth-order valence-electron chi connectivity index (χ4n) is 12.3. The van der Waals surface area contributed by atoms with E-state index in [0.29, 0.717) is 0 Å². The molecule has 16 rings (SSSR count). The Labute approximate surface area is 395 Å². The summed E-state index contributed by atoms with van der Waals surface area (Å²) in [5.41, 5.74) is 15.7. The predicted octanol–water partition coefficient (Wildman–Crippen LogP) is 17.8. The van der Waals surface area contributed by atoms with Crippen molar-refractivity contribution in [1.29, 1.82) is 0 Å². The molecule has 0 aliphatic heterocycles. The Morgan fingerprint density at radius 3 is 1.16 bits per heavy atom. The number of fused-ring (bicyclic) bond motifs is 18. The smallest absolute Gasteiger partial charge is 0.0620 e. The van der Waals surface area contributed by atoms with Crippen LogP contribution in [0.4, 0.5) is 0 Å². The van der Waals surface area contributed by atoms with Crippen LogP contribution >= 0.6 is 0 Å². The van der Waals surface area contributed by atoms with Gasteiger partial charge in [-0.15, -0.1) is 0 Å². The lowest BCUT2D eigenvalue weighted by atomic mass is 9.92. The fourth-order valence-corrected chi connectivity index (χ4v) is 12.3. The minimum atomic E-state index is 1.15. The summed E-state index contributed by atoms with van der Waals surface area (Å²) in [7, 11) is 0. The second-order valence-electron chi connectivity index (χ2n) is 18.8. The van der Waals surface area contributed by atoms with Crippen molar-refractivity contribution in [3.05, 3.63) is 237 Å². The molecular formula is C66H39N3. The number of hydrogen-bond acceptors (Lipinski definition) is 0. The van der Waals surface area contributed by atoms with Gasteiger partial charge in [0.15, 0.2) is 0 Å². The van der Waals surface area contributed by atoms with Crippen molar-refractivity contribution in [2.24, 2.45) is 0 Å². The maximum absolute atomic E-state index is 2.48. The number of aromatic nitrogens is 3. The zero-order chi connectivity index (χ0) is 44.9. The second kappa shape index (κ2) is 13.7. The van der Waals surface area contributed by atoms with Gasteiger partial charge in [-0.25, -0.2) is 0 Å². The summed E-state index contributed by atoms with van der Waals surface area (Å²) in [4.78, 5) is 0. The number of rotatable bonds is 4. The Bertz CT molecular complexity index is 4800. The first kappa shape index (κ1) is 37.0. The number of para-hydroxylation sites is 4. The molecule has 318 valence electrons. The quantitative estimate of drug-likeness (QED) is 0.156. The Kier molecular flexibility index (Phi) is 7.34. The highest BCUT2D eigenvalue weighted by Gasteiger charge is 2.21. The van der Waals surface area contributed by atoms with Gasteiger partial charge in [-0.3, -0.25) is 0 Å². The molecule has 69 heavy (non-hydrogen) atoms. The first-order chi connectivity index (χ1) is 34.2. The number of hydrogen-bond donors (Lipinski definition) is 0. The molecule has 4 heterocycles. The molecule has 16 aromatic rings. The molecule has 3 heteroatoms. The summed E-state index contributed by atoms with van der Waals surface area (Å²) in [6, 6.07) is 88.1. The highest BCUT2D eigenvalue weighted by atomic mass is 15.0. The van der Waals surface area contributed by atoms with Crippen LogP contribution in [0.1, 0.15) is 0 Å². The lowest BCUT2D eigenvalue weighted by Gasteiger charge is -2.12. The van der Waals surface area contributed by atoms with Crippen LogP contribution in [0, 0.1) is 0 Å². The molecule has 0 unspecified atom stereocenters. The Morgan fingerprint density at radius 2 is 0.565 bits per heavy atom. The molecule has 0 radical (unpaired) electrons. The highest BCUT2D eigenvalue weighted by Crippen LogP contribution is 2.44. The van der Waals surface area contributed by atoms with Crippen LogP contribution < -0.4 is 0 Å². The van der Waals surface area contributed by atoms with E-state index in [1.807, 2.05) is 0 Å². The second-order valence-corrected chi connectivity index (χ2v) is 18.8. The first-order valence-electron chi connectivity index (χ1n) is 23.9. The van der Waals surface area contributed by atoms with E-state index in [0.717, 1.165) is 11.4 Å². The van der Waals surface area contributed by atoms with Crippen LogP contribution in [-0.4, -0.2) is 13.5 Å². The lowest BCUT2D eigenvalue weighted by molar-refractivity contribution is 1.18. The average molecular weight is 874 g/mol. The minimum Gasteiger partial charge on any atom is -0.309 e. The Hall–Kier alpha value is -9.18. The van der Waals surface area contributed by atoms with Crippen molar-refractivity contribution in [2.75, 3.05) is 0 Å². The van der Waals surface area contributed by atoms with Gasteiger partial charge in [-0.2, -0.15) is 0 Å². The average Bonchev–Trinajstić information content (AvgIpc) is 4.15. The summed E-state index contributed by atoms with van der Waals surface area (Å²) in [6.45, 7) is 0. The maximum Gasteiger partial charge on any atom is 0.0620 e. The van der Waals surface area contributed by atoms with Gasteiger partial charge >= 0.3 is 0 Å². The van der Waals surface area contributed by atoms with E-state index in [-0.39, 0.29) is 0 Å². The monoisotopic (exact) mass is 873 g/mol. The van der Waals surface area contributed by atoms with Crippen molar-refractivity contribution < 1.29 is 0 Å². The molecule has 12 aromatic carbocycles. The molecule has 0 fully saturated rings. The molecule has 3 nitrogen and oxygen atoms in total. The normalized spacial score (nSPS) is 12.3.